The molecule has 3 heterocycles. The highest BCUT2D eigenvalue weighted by Gasteiger charge is 2.21. The molecular weight excluding hydrogens is 278 g/mol. The van der Waals surface area contributed by atoms with Crippen LogP contribution in [0.3, 0.4) is 0 Å². The van der Waals surface area contributed by atoms with Crippen molar-refractivity contribution in [2.24, 2.45) is 5.92 Å². The van der Waals surface area contributed by atoms with Gasteiger partial charge in [0.25, 0.3) is 0 Å². The van der Waals surface area contributed by atoms with Crippen molar-refractivity contribution >= 4 is 11.8 Å². The number of rotatable bonds is 4. The topological polar surface area (TPSA) is 90.6 Å². The largest absolute Gasteiger partial charge is 0.368 e. The van der Waals surface area contributed by atoms with Gasteiger partial charge in [-0.25, -0.2) is 19.9 Å². The van der Waals surface area contributed by atoms with Crippen molar-refractivity contribution in [3.63, 3.8) is 0 Å². The second kappa shape index (κ2) is 6.80. The predicted molar refractivity (Wildman–Crippen MR) is 82.2 cm³/mol. The van der Waals surface area contributed by atoms with E-state index in [-0.39, 0.29) is 0 Å². The summed E-state index contributed by atoms with van der Waals surface area (Å²) in [5, 5.41) is 12.0. The number of anilines is 2. The zero-order valence-corrected chi connectivity index (χ0v) is 12.2. The Morgan fingerprint density at radius 2 is 2.09 bits per heavy atom. The molecule has 1 atom stereocenters. The first-order chi connectivity index (χ1) is 10.8. The van der Waals surface area contributed by atoms with Gasteiger partial charge < -0.3 is 10.2 Å². The molecule has 0 radical (unpaired) electrons. The predicted octanol–water partition coefficient (Wildman–Crippen LogP) is 1.47. The molecule has 3 rings (SSSR count). The molecule has 22 heavy (non-hydrogen) atoms. The van der Waals surface area contributed by atoms with E-state index in [4.69, 9.17) is 5.26 Å². The number of hydrogen-bond acceptors (Lipinski definition) is 7. The summed E-state index contributed by atoms with van der Waals surface area (Å²) < 4.78 is 0. The highest BCUT2D eigenvalue weighted by molar-refractivity contribution is 5.34. The zero-order chi connectivity index (χ0) is 15.2. The molecule has 0 aromatic carbocycles. The van der Waals surface area contributed by atoms with E-state index in [0.717, 1.165) is 32.0 Å². The third kappa shape index (κ3) is 3.47. The lowest BCUT2D eigenvalue weighted by Crippen LogP contribution is -2.39. The fraction of sp³-hybridized carbons (Fsp3) is 0.400. The Labute approximate surface area is 129 Å². The Hall–Kier alpha value is -2.75. The van der Waals surface area contributed by atoms with Gasteiger partial charge >= 0.3 is 0 Å². The summed E-state index contributed by atoms with van der Waals surface area (Å²) in [5.74, 6) is 2.01. The standard InChI is InChI=1S/C15H17N7/c16-7-13-9-21-14(10-19-13)20-8-12-3-1-6-22(11-12)15-17-4-2-5-18-15/h2,4-5,9-10,12H,1,3,6,8,11H2,(H,20,21). The fourth-order valence-electron chi connectivity index (χ4n) is 2.59. The monoisotopic (exact) mass is 295 g/mol. The highest BCUT2D eigenvalue weighted by Crippen LogP contribution is 2.20. The number of aromatic nitrogens is 4. The van der Waals surface area contributed by atoms with E-state index in [1.807, 2.05) is 12.1 Å². The number of hydrogen-bond donors (Lipinski definition) is 1. The van der Waals surface area contributed by atoms with Crippen LogP contribution in [0.15, 0.2) is 30.9 Å². The van der Waals surface area contributed by atoms with Gasteiger partial charge in [0, 0.05) is 32.0 Å². The average Bonchev–Trinajstić information content (AvgIpc) is 2.61. The third-order valence-electron chi connectivity index (χ3n) is 3.69. The van der Waals surface area contributed by atoms with E-state index in [1.165, 1.54) is 12.6 Å². The second-order valence-corrected chi connectivity index (χ2v) is 5.28. The van der Waals surface area contributed by atoms with Gasteiger partial charge in [-0.1, -0.05) is 0 Å². The maximum Gasteiger partial charge on any atom is 0.225 e. The summed E-state index contributed by atoms with van der Waals surface area (Å²) in [7, 11) is 0. The van der Waals surface area contributed by atoms with Gasteiger partial charge in [-0.05, 0) is 24.8 Å². The lowest BCUT2D eigenvalue weighted by molar-refractivity contribution is 0.427. The van der Waals surface area contributed by atoms with Crippen LogP contribution in [0, 0.1) is 17.2 Å². The van der Waals surface area contributed by atoms with Crippen LogP contribution >= 0.6 is 0 Å². The molecule has 7 nitrogen and oxygen atoms in total. The van der Waals surface area contributed by atoms with Crippen molar-refractivity contribution in [3.05, 3.63) is 36.5 Å². The lowest BCUT2D eigenvalue weighted by Gasteiger charge is -2.32. The first kappa shape index (κ1) is 14.2. The van der Waals surface area contributed by atoms with Gasteiger partial charge in [0.15, 0.2) is 5.69 Å². The van der Waals surface area contributed by atoms with Gasteiger partial charge in [0.2, 0.25) is 5.95 Å². The molecule has 112 valence electrons. The number of nitriles is 1. The fourth-order valence-corrected chi connectivity index (χ4v) is 2.59. The van der Waals surface area contributed by atoms with Crippen LogP contribution in [0.5, 0.6) is 0 Å². The Morgan fingerprint density at radius 1 is 1.23 bits per heavy atom. The number of nitrogens with zero attached hydrogens (tertiary/aromatic N) is 6. The van der Waals surface area contributed by atoms with Crippen molar-refractivity contribution in [2.75, 3.05) is 29.9 Å². The molecule has 7 heteroatoms. The van der Waals surface area contributed by atoms with E-state index < -0.39 is 0 Å². The Bertz CT molecular complexity index is 635. The number of piperidine rings is 1. The Morgan fingerprint density at radius 3 is 2.82 bits per heavy atom. The summed E-state index contributed by atoms with van der Waals surface area (Å²) >= 11 is 0. The van der Waals surface area contributed by atoms with E-state index in [0.29, 0.717) is 17.4 Å². The second-order valence-electron chi connectivity index (χ2n) is 5.28. The first-order valence-electron chi connectivity index (χ1n) is 7.33. The Balaban J connectivity index is 1.55. The van der Waals surface area contributed by atoms with Gasteiger partial charge in [0.1, 0.15) is 11.9 Å². The number of nitrogens with one attached hydrogen (secondary N) is 1. The van der Waals surface area contributed by atoms with Crippen molar-refractivity contribution in [1.82, 2.24) is 19.9 Å². The molecule has 2 aromatic rings. The minimum Gasteiger partial charge on any atom is -0.368 e. The molecule has 1 aliphatic heterocycles. The minimum atomic E-state index is 0.329. The molecule has 0 amide bonds. The van der Waals surface area contributed by atoms with Crippen LogP contribution in [-0.2, 0) is 0 Å². The Kier molecular flexibility index (Phi) is 4.39. The first-order valence-corrected chi connectivity index (χ1v) is 7.33. The molecule has 1 aliphatic rings. The van der Waals surface area contributed by atoms with Crippen LogP contribution < -0.4 is 10.2 Å². The molecule has 0 saturated carbocycles. The molecular formula is C15H17N7. The molecule has 1 N–H and O–H groups in total. The zero-order valence-electron chi connectivity index (χ0n) is 12.2. The van der Waals surface area contributed by atoms with E-state index in [2.05, 4.69) is 30.2 Å². The van der Waals surface area contributed by atoms with Crippen LogP contribution in [0.2, 0.25) is 0 Å². The van der Waals surface area contributed by atoms with E-state index in [1.54, 1.807) is 18.6 Å². The maximum absolute atomic E-state index is 8.71. The van der Waals surface area contributed by atoms with E-state index >= 15 is 0 Å². The molecule has 0 aliphatic carbocycles. The lowest BCUT2D eigenvalue weighted by atomic mass is 9.98. The van der Waals surface area contributed by atoms with Gasteiger partial charge in [0.05, 0.1) is 12.4 Å². The van der Waals surface area contributed by atoms with Gasteiger partial charge in [-0.3, -0.25) is 0 Å². The van der Waals surface area contributed by atoms with Crippen molar-refractivity contribution in [3.8, 4) is 6.07 Å². The van der Waals surface area contributed by atoms with Crippen molar-refractivity contribution < 1.29 is 0 Å². The highest BCUT2D eigenvalue weighted by atomic mass is 15.3. The van der Waals surface area contributed by atoms with Gasteiger partial charge in [-0.15, -0.1) is 0 Å². The molecule has 2 aromatic heterocycles. The summed E-state index contributed by atoms with van der Waals surface area (Å²) in [4.78, 5) is 19.0. The summed E-state index contributed by atoms with van der Waals surface area (Å²) in [5.41, 5.74) is 0.329. The van der Waals surface area contributed by atoms with Crippen LogP contribution in [0.25, 0.3) is 0 Å². The molecule has 0 spiro atoms. The molecule has 1 saturated heterocycles. The maximum atomic E-state index is 8.71. The summed E-state index contributed by atoms with van der Waals surface area (Å²) in [6.45, 7) is 2.75. The molecule has 1 fully saturated rings. The molecule has 0 bridgehead atoms. The average molecular weight is 295 g/mol. The van der Waals surface area contributed by atoms with Crippen LogP contribution in [-0.4, -0.2) is 39.6 Å². The summed E-state index contributed by atoms with van der Waals surface area (Å²) in [6, 6.07) is 3.79. The van der Waals surface area contributed by atoms with Crippen LogP contribution in [0.1, 0.15) is 18.5 Å². The summed E-state index contributed by atoms with van der Waals surface area (Å²) in [6.07, 6.45) is 8.92. The van der Waals surface area contributed by atoms with E-state index in [9.17, 15) is 0 Å². The smallest absolute Gasteiger partial charge is 0.225 e. The van der Waals surface area contributed by atoms with Crippen molar-refractivity contribution in [2.45, 2.75) is 12.8 Å². The SMILES string of the molecule is N#Cc1cnc(NCC2CCCN(c3ncccn3)C2)cn1. The molecule has 1 unspecified atom stereocenters. The van der Waals surface area contributed by atoms with Crippen LogP contribution in [0.4, 0.5) is 11.8 Å². The van der Waals surface area contributed by atoms with Crippen molar-refractivity contribution in [1.29, 1.82) is 5.26 Å². The van der Waals surface area contributed by atoms with Gasteiger partial charge in [-0.2, -0.15) is 5.26 Å². The third-order valence-corrected chi connectivity index (χ3v) is 3.69. The minimum absolute atomic E-state index is 0.329. The quantitative estimate of drug-likeness (QED) is 0.913. The normalized spacial score (nSPS) is 17.8.